The largest absolute Gasteiger partial charge is 0.463 e. The molecule has 2 aliphatic heterocycles. The Morgan fingerprint density at radius 1 is 1.38 bits per heavy atom. The van der Waals surface area contributed by atoms with Crippen molar-refractivity contribution in [2.24, 2.45) is 0 Å². The number of furan rings is 1. The van der Waals surface area contributed by atoms with Gasteiger partial charge in [-0.2, -0.15) is 0 Å². The van der Waals surface area contributed by atoms with Gasteiger partial charge >= 0.3 is 5.97 Å². The maximum Gasteiger partial charge on any atom is 0.373 e. The summed E-state index contributed by atoms with van der Waals surface area (Å²) in [5, 5.41) is 3.65. The highest BCUT2D eigenvalue weighted by Crippen LogP contribution is 2.29. The Bertz CT molecular complexity index is 479. The van der Waals surface area contributed by atoms with Crippen molar-refractivity contribution in [1.82, 2.24) is 10.2 Å². The van der Waals surface area contributed by atoms with E-state index in [9.17, 15) is 4.79 Å². The minimum Gasteiger partial charge on any atom is -0.463 e. The normalized spacial score (nSPS) is 27.5. The molecule has 2 unspecified atom stereocenters. The first-order chi connectivity index (χ1) is 9.65. The zero-order chi connectivity index (χ0) is 14.1. The third kappa shape index (κ3) is 3.59. The number of rotatable bonds is 4. The molecular weight excluding hydrogens is 292 g/mol. The van der Waals surface area contributed by atoms with Gasteiger partial charge in [-0.3, -0.25) is 4.90 Å². The van der Waals surface area contributed by atoms with E-state index >= 15 is 0 Å². The molecule has 2 aliphatic rings. The molecule has 21 heavy (non-hydrogen) atoms. The second-order valence-electron chi connectivity index (χ2n) is 5.94. The maximum atomic E-state index is 11.4. The van der Waals surface area contributed by atoms with Crippen molar-refractivity contribution >= 4 is 18.4 Å². The molecule has 0 aliphatic carbocycles. The van der Waals surface area contributed by atoms with Crippen LogP contribution in [0.4, 0.5) is 0 Å². The Morgan fingerprint density at radius 2 is 2.05 bits per heavy atom. The number of hydrogen-bond donors (Lipinski definition) is 1. The average Bonchev–Trinajstić information content (AvgIpc) is 3.04. The number of halogens is 1. The number of carbonyl (C=O) groups is 1. The first-order valence-corrected chi connectivity index (χ1v) is 7.29. The lowest BCUT2D eigenvalue weighted by molar-refractivity contribution is 0.0560. The summed E-state index contributed by atoms with van der Waals surface area (Å²) in [6, 6.07) is 5.51. The molecule has 2 atom stereocenters. The Hall–Kier alpha value is -1.04. The lowest BCUT2D eigenvalue weighted by Crippen LogP contribution is -2.46. The molecule has 5 nitrogen and oxygen atoms in total. The van der Waals surface area contributed by atoms with E-state index in [1.54, 1.807) is 6.07 Å². The topological polar surface area (TPSA) is 54.7 Å². The molecular formula is C15H23ClN2O3. The first kappa shape index (κ1) is 16.3. The molecule has 3 heterocycles. The minimum absolute atomic E-state index is 0. The third-order valence-electron chi connectivity index (χ3n) is 4.52. The number of ether oxygens (including phenoxy) is 1. The Morgan fingerprint density at radius 3 is 2.67 bits per heavy atom. The molecule has 1 aromatic rings. The van der Waals surface area contributed by atoms with Gasteiger partial charge in [-0.05, 0) is 44.9 Å². The number of nitrogens with zero attached hydrogens (tertiary/aromatic N) is 1. The molecule has 0 saturated carbocycles. The molecule has 2 fully saturated rings. The fraction of sp³-hybridized carbons (Fsp3) is 0.667. The zero-order valence-electron chi connectivity index (χ0n) is 12.5. The molecule has 0 amide bonds. The van der Waals surface area contributed by atoms with Crippen molar-refractivity contribution in [3.05, 3.63) is 23.7 Å². The van der Waals surface area contributed by atoms with E-state index in [1.807, 2.05) is 6.07 Å². The second-order valence-corrected chi connectivity index (χ2v) is 5.94. The van der Waals surface area contributed by atoms with Crippen LogP contribution in [0.2, 0.25) is 0 Å². The van der Waals surface area contributed by atoms with E-state index in [4.69, 9.17) is 4.42 Å². The van der Waals surface area contributed by atoms with Crippen molar-refractivity contribution in [3.63, 3.8) is 0 Å². The zero-order valence-corrected chi connectivity index (χ0v) is 13.3. The molecule has 0 aromatic carbocycles. The van der Waals surface area contributed by atoms with E-state index in [0.29, 0.717) is 18.1 Å². The molecule has 1 aromatic heterocycles. The number of carbonyl (C=O) groups excluding carboxylic acids is 1. The summed E-state index contributed by atoms with van der Waals surface area (Å²) in [5.41, 5.74) is 0. The first-order valence-electron chi connectivity index (χ1n) is 7.29. The highest BCUT2D eigenvalue weighted by atomic mass is 35.5. The highest BCUT2D eigenvalue weighted by Gasteiger charge is 2.35. The Labute approximate surface area is 131 Å². The van der Waals surface area contributed by atoms with Gasteiger partial charge in [0, 0.05) is 18.1 Å². The van der Waals surface area contributed by atoms with Gasteiger partial charge < -0.3 is 14.5 Å². The molecule has 2 saturated heterocycles. The average molecular weight is 315 g/mol. The summed E-state index contributed by atoms with van der Waals surface area (Å²) in [6.07, 6.45) is 5.03. The van der Waals surface area contributed by atoms with Gasteiger partial charge in [0.15, 0.2) is 0 Å². The van der Waals surface area contributed by atoms with Crippen LogP contribution in [-0.4, -0.2) is 43.2 Å². The lowest BCUT2D eigenvalue weighted by Gasteiger charge is -2.35. The molecule has 3 rings (SSSR count). The fourth-order valence-corrected chi connectivity index (χ4v) is 3.44. The summed E-state index contributed by atoms with van der Waals surface area (Å²) >= 11 is 0. The number of hydrogen-bond acceptors (Lipinski definition) is 5. The number of piperidine rings is 1. The van der Waals surface area contributed by atoms with E-state index in [-0.39, 0.29) is 18.2 Å². The van der Waals surface area contributed by atoms with Crippen LogP contribution in [0.1, 0.15) is 42.0 Å². The molecule has 0 spiro atoms. The van der Waals surface area contributed by atoms with Crippen molar-refractivity contribution < 1.29 is 13.9 Å². The van der Waals surface area contributed by atoms with E-state index in [1.165, 1.54) is 32.8 Å². The van der Waals surface area contributed by atoms with Crippen LogP contribution in [-0.2, 0) is 11.3 Å². The van der Waals surface area contributed by atoms with Crippen molar-refractivity contribution in [3.8, 4) is 0 Å². The van der Waals surface area contributed by atoms with Gasteiger partial charge in [0.2, 0.25) is 5.76 Å². The van der Waals surface area contributed by atoms with E-state index < -0.39 is 5.97 Å². The van der Waals surface area contributed by atoms with Gasteiger partial charge in [-0.1, -0.05) is 0 Å². The SMILES string of the molecule is COC(=O)c1ccc(CN(C)C2CC3CCC(C2)N3)o1.Cl. The predicted molar refractivity (Wildman–Crippen MR) is 81.7 cm³/mol. The van der Waals surface area contributed by atoms with Crippen LogP contribution in [0.15, 0.2) is 16.5 Å². The molecule has 2 bridgehead atoms. The summed E-state index contributed by atoms with van der Waals surface area (Å²) in [7, 11) is 3.50. The van der Waals surface area contributed by atoms with Gasteiger partial charge in [-0.15, -0.1) is 12.4 Å². The molecule has 1 N–H and O–H groups in total. The highest BCUT2D eigenvalue weighted by molar-refractivity contribution is 5.86. The second kappa shape index (κ2) is 6.81. The van der Waals surface area contributed by atoms with E-state index in [2.05, 4.69) is 22.0 Å². The monoisotopic (exact) mass is 314 g/mol. The minimum atomic E-state index is -0.418. The van der Waals surface area contributed by atoms with Gasteiger partial charge in [0.25, 0.3) is 0 Å². The van der Waals surface area contributed by atoms with Crippen LogP contribution < -0.4 is 5.32 Å². The fourth-order valence-electron chi connectivity index (χ4n) is 3.44. The number of esters is 1. The smallest absolute Gasteiger partial charge is 0.373 e. The van der Waals surface area contributed by atoms with Gasteiger partial charge in [0.1, 0.15) is 5.76 Å². The van der Waals surface area contributed by atoms with Crippen LogP contribution in [0.3, 0.4) is 0 Å². The van der Waals surface area contributed by atoms with Gasteiger partial charge in [-0.25, -0.2) is 4.79 Å². The van der Waals surface area contributed by atoms with Crippen LogP contribution in [0, 0.1) is 0 Å². The van der Waals surface area contributed by atoms with Gasteiger partial charge in [0.05, 0.1) is 13.7 Å². The summed E-state index contributed by atoms with van der Waals surface area (Å²) in [5.74, 6) is 0.680. The quantitative estimate of drug-likeness (QED) is 0.864. The Kier molecular flexibility index (Phi) is 5.30. The van der Waals surface area contributed by atoms with Crippen LogP contribution in [0.5, 0.6) is 0 Å². The molecule has 118 valence electrons. The summed E-state index contributed by atoms with van der Waals surface area (Å²) in [4.78, 5) is 13.7. The van der Waals surface area contributed by atoms with Crippen LogP contribution >= 0.6 is 12.4 Å². The molecule has 0 radical (unpaired) electrons. The summed E-state index contributed by atoms with van der Waals surface area (Å²) in [6.45, 7) is 0.737. The maximum absolute atomic E-state index is 11.4. The number of methoxy groups -OCH3 is 1. The number of nitrogens with one attached hydrogen (secondary N) is 1. The standard InChI is InChI=1S/C15H22N2O3.ClH/c1-17(12-7-10-3-4-11(8-12)16-10)9-13-5-6-14(20-13)15(18)19-2;/h5-6,10-12,16H,3-4,7-9H2,1-2H3;1H. The summed E-state index contributed by atoms with van der Waals surface area (Å²) < 4.78 is 10.2. The Balaban J connectivity index is 0.00000161. The van der Waals surface area contributed by atoms with Crippen LogP contribution in [0.25, 0.3) is 0 Å². The predicted octanol–water partition coefficient (Wildman–Crippen LogP) is 2.20. The van der Waals surface area contributed by atoms with E-state index in [0.717, 1.165) is 12.3 Å². The molecule has 6 heteroatoms. The third-order valence-corrected chi connectivity index (χ3v) is 4.52. The lowest BCUT2D eigenvalue weighted by atomic mass is 9.98. The number of fused-ring (bicyclic) bond motifs is 2. The van der Waals surface area contributed by atoms with Crippen molar-refractivity contribution in [1.29, 1.82) is 0 Å². The van der Waals surface area contributed by atoms with Crippen molar-refractivity contribution in [2.45, 2.75) is 50.4 Å². The van der Waals surface area contributed by atoms with Crippen molar-refractivity contribution in [2.75, 3.05) is 14.2 Å².